The molecule has 0 atom stereocenters. The molecule has 0 aliphatic rings. The predicted octanol–water partition coefficient (Wildman–Crippen LogP) is 1.86. The maximum Gasteiger partial charge on any atom is 0.262 e. The molecule has 5 heteroatoms. The van der Waals surface area contributed by atoms with Crippen LogP contribution in [0.2, 0.25) is 0 Å². The van der Waals surface area contributed by atoms with E-state index in [0.717, 1.165) is 5.56 Å². The molecule has 1 N–H and O–H groups in total. The Morgan fingerprint density at radius 1 is 1.38 bits per heavy atom. The van der Waals surface area contributed by atoms with Gasteiger partial charge in [0.2, 0.25) is 0 Å². The van der Waals surface area contributed by atoms with Crippen molar-refractivity contribution < 1.29 is 13.3 Å². The number of hydrogen-bond donors (Lipinski definition) is 1. The lowest BCUT2D eigenvalue weighted by atomic mass is 10.2. The van der Waals surface area contributed by atoms with Crippen LogP contribution in [0.4, 0.5) is 0 Å². The average molecular weight is 243 g/mol. The Labute approximate surface area is 96.6 Å². The largest absolute Gasteiger partial charge is 0.287 e. The summed E-state index contributed by atoms with van der Waals surface area (Å²) in [5, 5.41) is 0. The molecule has 0 spiro atoms. The Hall–Kier alpha value is -0.910. The molecule has 1 aromatic rings. The number of aryl methyl sites for hydroxylation is 1. The van der Waals surface area contributed by atoms with Crippen molar-refractivity contribution in [1.82, 2.24) is 4.89 Å². The van der Waals surface area contributed by atoms with Gasteiger partial charge in [0.1, 0.15) is 0 Å². The lowest BCUT2D eigenvalue weighted by molar-refractivity contribution is 0.0718. The number of sulfonamides is 1. The van der Waals surface area contributed by atoms with Gasteiger partial charge in [0.25, 0.3) is 10.0 Å². The molecule has 0 aromatic heterocycles. The molecule has 0 unspecified atom stereocenters. The van der Waals surface area contributed by atoms with Crippen LogP contribution in [0.15, 0.2) is 29.2 Å². The van der Waals surface area contributed by atoms with Gasteiger partial charge in [-0.05, 0) is 30.5 Å². The third kappa shape index (κ3) is 3.92. The molecule has 0 aliphatic heterocycles. The van der Waals surface area contributed by atoms with E-state index >= 15 is 0 Å². The smallest absolute Gasteiger partial charge is 0.262 e. The van der Waals surface area contributed by atoms with Crippen LogP contribution in [0.3, 0.4) is 0 Å². The van der Waals surface area contributed by atoms with Crippen LogP contribution in [0.5, 0.6) is 0 Å². The molecule has 4 nitrogen and oxygen atoms in total. The van der Waals surface area contributed by atoms with Gasteiger partial charge in [-0.3, -0.25) is 4.84 Å². The van der Waals surface area contributed by atoms with E-state index in [0.29, 0.717) is 6.61 Å². The Balaban J connectivity index is 2.71. The quantitative estimate of drug-likeness (QED) is 0.803. The molecule has 0 saturated heterocycles. The molecular formula is C11H17NO3S. The molecule has 1 rings (SSSR count). The van der Waals surface area contributed by atoms with E-state index in [-0.39, 0.29) is 10.8 Å². The maximum atomic E-state index is 11.7. The Bertz CT molecular complexity index is 440. The molecule has 16 heavy (non-hydrogen) atoms. The normalized spacial score (nSPS) is 12.0. The summed E-state index contributed by atoms with van der Waals surface area (Å²) >= 11 is 0. The van der Waals surface area contributed by atoms with Gasteiger partial charge in [0.15, 0.2) is 0 Å². The Morgan fingerprint density at radius 3 is 2.62 bits per heavy atom. The topological polar surface area (TPSA) is 55.4 Å². The van der Waals surface area contributed by atoms with Crippen LogP contribution in [0.25, 0.3) is 0 Å². The summed E-state index contributed by atoms with van der Waals surface area (Å²) < 4.78 is 23.5. The van der Waals surface area contributed by atoms with Crippen LogP contribution in [-0.4, -0.2) is 15.0 Å². The third-order valence-corrected chi connectivity index (χ3v) is 3.10. The van der Waals surface area contributed by atoms with Crippen LogP contribution in [-0.2, 0) is 14.9 Å². The summed E-state index contributed by atoms with van der Waals surface area (Å²) in [7, 11) is -3.55. The lowest BCUT2D eigenvalue weighted by Crippen LogP contribution is -2.25. The fraction of sp³-hybridized carbons (Fsp3) is 0.455. The highest BCUT2D eigenvalue weighted by Gasteiger charge is 2.13. The van der Waals surface area contributed by atoms with E-state index in [1.54, 1.807) is 12.1 Å². The fourth-order valence-electron chi connectivity index (χ4n) is 1.11. The van der Waals surface area contributed by atoms with E-state index in [2.05, 4.69) is 4.89 Å². The zero-order valence-electron chi connectivity index (χ0n) is 9.73. The van der Waals surface area contributed by atoms with E-state index in [4.69, 9.17) is 4.84 Å². The van der Waals surface area contributed by atoms with E-state index in [1.165, 1.54) is 6.07 Å². The van der Waals surface area contributed by atoms with E-state index < -0.39 is 10.0 Å². The second-order valence-electron chi connectivity index (χ2n) is 4.11. The van der Waals surface area contributed by atoms with E-state index in [9.17, 15) is 8.42 Å². The predicted molar refractivity (Wildman–Crippen MR) is 62.3 cm³/mol. The van der Waals surface area contributed by atoms with Gasteiger partial charge in [-0.25, -0.2) is 8.42 Å². The van der Waals surface area contributed by atoms with Crippen LogP contribution in [0.1, 0.15) is 19.4 Å². The van der Waals surface area contributed by atoms with Crippen molar-refractivity contribution in [3.63, 3.8) is 0 Å². The van der Waals surface area contributed by atoms with Crippen molar-refractivity contribution in [2.75, 3.05) is 6.61 Å². The second-order valence-corrected chi connectivity index (χ2v) is 5.75. The van der Waals surface area contributed by atoms with Gasteiger partial charge in [-0.1, -0.05) is 30.9 Å². The highest BCUT2D eigenvalue weighted by atomic mass is 32.2. The minimum atomic E-state index is -3.55. The summed E-state index contributed by atoms with van der Waals surface area (Å²) in [6, 6.07) is 6.68. The summed E-state index contributed by atoms with van der Waals surface area (Å²) in [6.07, 6.45) is 0. The first-order valence-electron chi connectivity index (χ1n) is 5.12. The molecule has 1 aromatic carbocycles. The zero-order valence-corrected chi connectivity index (χ0v) is 10.5. The zero-order chi connectivity index (χ0) is 12.2. The lowest BCUT2D eigenvalue weighted by Gasteiger charge is -2.09. The summed E-state index contributed by atoms with van der Waals surface area (Å²) in [6.45, 7) is 6.08. The first kappa shape index (κ1) is 13.2. The second kappa shape index (κ2) is 5.43. The monoisotopic (exact) mass is 243 g/mol. The molecule has 90 valence electrons. The van der Waals surface area contributed by atoms with Crippen LogP contribution >= 0.6 is 0 Å². The van der Waals surface area contributed by atoms with Gasteiger partial charge in [-0.15, -0.1) is 0 Å². The van der Waals surface area contributed by atoms with Crippen molar-refractivity contribution in [3.8, 4) is 0 Å². The first-order valence-corrected chi connectivity index (χ1v) is 6.60. The number of nitrogens with one attached hydrogen (secondary N) is 1. The minimum absolute atomic E-state index is 0.219. The standard InChI is InChI=1S/C11H17NO3S/c1-9(2)8-15-12-16(13,14)11-6-4-5-10(3)7-11/h4-7,9,12H,8H2,1-3H3. The average Bonchev–Trinajstić information content (AvgIpc) is 2.16. The summed E-state index contributed by atoms with van der Waals surface area (Å²) in [5.74, 6) is 0.278. The van der Waals surface area contributed by atoms with Crippen LogP contribution in [0, 0.1) is 12.8 Å². The van der Waals surface area contributed by atoms with Gasteiger partial charge in [-0.2, -0.15) is 0 Å². The highest BCUT2D eigenvalue weighted by Crippen LogP contribution is 2.10. The van der Waals surface area contributed by atoms with E-state index in [1.807, 2.05) is 26.8 Å². The Kier molecular flexibility index (Phi) is 4.46. The maximum absolute atomic E-state index is 11.7. The summed E-state index contributed by atoms with van der Waals surface area (Å²) in [5.41, 5.74) is 0.895. The summed E-state index contributed by atoms with van der Waals surface area (Å²) in [4.78, 5) is 7.24. The van der Waals surface area contributed by atoms with Crippen molar-refractivity contribution in [3.05, 3.63) is 29.8 Å². The fourth-order valence-corrected chi connectivity index (χ4v) is 2.03. The number of hydrogen-bond acceptors (Lipinski definition) is 3. The molecular weight excluding hydrogens is 226 g/mol. The molecule has 0 saturated carbocycles. The SMILES string of the molecule is Cc1cccc(S(=O)(=O)NOCC(C)C)c1. The van der Waals surface area contributed by atoms with Gasteiger partial charge in [0.05, 0.1) is 11.5 Å². The molecule has 0 amide bonds. The molecule has 0 aliphatic carbocycles. The Morgan fingerprint density at radius 2 is 2.06 bits per heavy atom. The van der Waals surface area contributed by atoms with Crippen molar-refractivity contribution in [2.24, 2.45) is 5.92 Å². The molecule has 0 heterocycles. The molecule has 0 fully saturated rings. The molecule has 0 radical (unpaired) electrons. The van der Waals surface area contributed by atoms with Gasteiger partial charge < -0.3 is 0 Å². The third-order valence-electron chi connectivity index (χ3n) is 1.89. The van der Waals surface area contributed by atoms with Crippen molar-refractivity contribution in [2.45, 2.75) is 25.7 Å². The number of benzene rings is 1. The van der Waals surface area contributed by atoms with Crippen molar-refractivity contribution >= 4 is 10.0 Å². The first-order chi connectivity index (χ1) is 7.42. The van der Waals surface area contributed by atoms with Crippen molar-refractivity contribution in [1.29, 1.82) is 0 Å². The highest BCUT2D eigenvalue weighted by molar-refractivity contribution is 7.89. The van der Waals surface area contributed by atoms with Crippen LogP contribution < -0.4 is 4.89 Å². The van der Waals surface area contributed by atoms with Gasteiger partial charge >= 0.3 is 0 Å². The van der Waals surface area contributed by atoms with Gasteiger partial charge in [0, 0.05) is 0 Å². The number of rotatable bonds is 5. The minimum Gasteiger partial charge on any atom is -0.287 e. The molecule has 0 bridgehead atoms.